The van der Waals surface area contributed by atoms with Crippen molar-refractivity contribution in [2.45, 2.75) is 11.1 Å². The van der Waals surface area contributed by atoms with Gasteiger partial charge < -0.3 is 0 Å². The van der Waals surface area contributed by atoms with Gasteiger partial charge in [-0.05, 0) is 23.8 Å². The predicted molar refractivity (Wildman–Crippen MR) is 104 cm³/mol. The third-order valence-electron chi connectivity index (χ3n) is 4.34. The van der Waals surface area contributed by atoms with E-state index < -0.39 is 82.2 Å². The third-order valence-corrected chi connectivity index (χ3v) is 5.91. The number of alkyl halides is 3. The Balaban J connectivity index is 2.51. The summed E-state index contributed by atoms with van der Waals surface area (Å²) in [4.78, 5) is -0.783. The quantitative estimate of drug-likeness (QED) is 0.243. The van der Waals surface area contributed by atoms with Crippen molar-refractivity contribution in [3.63, 3.8) is 0 Å². The molecule has 0 saturated carbocycles. The summed E-state index contributed by atoms with van der Waals surface area (Å²) in [5, 5.41) is 2.98. The van der Waals surface area contributed by atoms with Crippen LogP contribution in [0.25, 0.3) is 22.3 Å². The minimum Gasteiger partial charge on any atom is -0.225 e. The molecule has 0 aliphatic heterocycles. The summed E-state index contributed by atoms with van der Waals surface area (Å²) in [6, 6.07) is 5.16. The lowest BCUT2D eigenvalue weighted by atomic mass is 9.92. The first kappa shape index (κ1) is 24.3. The molecule has 3 nitrogen and oxygen atoms in total. The molecule has 0 aliphatic rings. The second-order valence-corrected chi connectivity index (χ2v) is 8.70. The molecule has 0 amide bonds. The topological polar surface area (TPSA) is 60.2 Å². The molecular formula is C19H8Cl2F7NO2S. The van der Waals surface area contributed by atoms with Crippen molar-refractivity contribution in [3.05, 3.63) is 75.3 Å². The summed E-state index contributed by atoms with van der Waals surface area (Å²) < 4.78 is 121. The maximum atomic E-state index is 14.8. The van der Waals surface area contributed by atoms with E-state index in [1.54, 1.807) is 0 Å². The number of rotatable bonds is 3. The number of primary sulfonamides is 1. The van der Waals surface area contributed by atoms with Crippen molar-refractivity contribution in [1.82, 2.24) is 0 Å². The van der Waals surface area contributed by atoms with Crippen LogP contribution in [0.2, 0.25) is 10.0 Å². The zero-order valence-electron chi connectivity index (χ0n) is 15.2. The van der Waals surface area contributed by atoms with E-state index in [0.29, 0.717) is 12.1 Å². The van der Waals surface area contributed by atoms with Crippen LogP contribution < -0.4 is 5.14 Å². The first-order valence-corrected chi connectivity index (χ1v) is 10.5. The van der Waals surface area contributed by atoms with E-state index in [0.717, 1.165) is 12.1 Å². The van der Waals surface area contributed by atoms with Gasteiger partial charge in [0.05, 0.1) is 20.5 Å². The number of hydrogen-bond acceptors (Lipinski definition) is 2. The number of halogens is 9. The van der Waals surface area contributed by atoms with Crippen molar-refractivity contribution in [1.29, 1.82) is 0 Å². The van der Waals surface area contributed by atoms with Crippen LogP contribution in [0.5, 0.6) is 0 Å². The SMILES string of the molecule is NS(=O)(=O)c1ccccc1-c1c(F)c(F)c(F)c(F)c1-c1cc(Cl)c(C(F)(F)F)c(Cl)c1. The Morgan fingerprint density at radius 1 is 0.781 bits per heavy atom. The Hall–Kier alpha value is -2.34. The van der Waals surface area contributed by atoms with Gasteiger partial charge in [-0.15, -0.1) is 0 Å². The summed E-state index contributed by atoms with van der Waals surface area (Å²) in [7, 11) is -4.58. The van der Waals surface area contributed by atoms with Gasteiger partial charge in [0.25, 0.3) is 0 Å². The normalized spacial score (nSPS) is 12.3. The van der Waals surface area contributed by atoms with Gasteiger partial charge in [0, 0.05) is 16.7 Å². The molecule has 3 aromatic carbocycles. The maximum Gasteiger partial charge on any atom is 0.419 e. The number of sulfonamides is 1. The summed E-state index contributed by atoms with van der Waals surface area (Å²) >= 11 is 11.3. The molecule has 0 atom stereocenters. The summed E-state index contributed by atoms with van der Waals surface area (Å²) in [6.07, 6.45) is -5.02. The van der Waals surface area contributed by atoms with Crippen LogP contribution in [0, 0.1) is 23.3 Å². The molecule has 32 heavy (non-hydrogen) atoms. The molecule has 0 aliphatic carbocycles. The second-order valence-electron chi connectivity index (χ2n) is 6.36. The Bertz CT molecular complexity index is 1340. The highest BCUT2D eigenvalue weighted by Crippen LogP contribution is 2.46. The largest absolute Gasteiger partial charge is 0.419 e. The van der Waals surface area contributed by atoms with E-state index in [1.807, 2.05) is 0 Å². The van der Waals surface area contributed by atoms with Crippen molar-refractivity contribution in [2.75, 3.05) is 0 Å². The molecule has 0 fully saturated rings. The lowest BCUT2D eigenvalue weighted by molar-refractivity contribution is -0.137. The third kappa shape index (κ3) is 4.17. The van der Waals surface area contributed by atoms with Crippen LogP contribution in [0.1, 0.15) is 5.56 Å². The van der Waals surface area contributed by atoms with Gasteiger partial charge in [-0.25, -0.2) is 31.1 Å². The second kappa shape index (κ2) is 8.22. The lowest BCUT2D eigenvalue weighted by Gasteiger charge is -2.18. The minimum atomic E-state index is -5.02. The summed E-state index contributed by atoms with van der Waals surface area (Å²) in [5.74, 6) is -8.60. The van der Waals surface area contributed by atoms with Crippen LogP contribution in [0.3, 0.4) is 0 Å². The van der Waals surface area contributed by atoms with Gasteiger partial charge in [0.15, 0.2) is 23.3 Å². The van der Waals surface area contributed by atoms with Crippen LogP contribution in [-0.4, -0.2) is 8.42 Å². The Morgan fingerprint density at radius 2 is 1.25 bits per heavy atom. The molecule has 0 unspecified atom stereocenters. The average molecular weight is 518 g/mol. The zero-order chi connectivity index (χ0) is 24.2. The highest BCUT2D eigenvalue weighted by atomic mass is 35.5. The first-order valence-electron chi connectivity index (χ1n) is 8.21. The van der Waals surface area contributed by atoms with Crippen molar-refractivity contribution in [3.8, 4) is 22.3 Å². The van der Waals surface area contributed by atoms with E-state index in [4.69, 9.17) is 28.3 Å². The van der Waals surface area contributed by atoms with E-state index >= 15 is 0 Å². The molecule has 0 aromatic heterocycles. The monoisotopic (exact) mass is 517 g/mol. The molecule has 0 bridgehead atoms. The van der Waals surface area contributed by atoms with E-state index in [1.165, 1.54) is 12.1 Å². The van der Waals surface area contributed by atoms with Gasteiger partial charge in [0.2, 0.25) is 10.0 Å². The number of nitrogens with two attached hydrogens (primary N) is 1. The van der Waals surface area contributed by atoms with Crippen LogP contribution in [-0.2, 0) is 16.2 Å². The zero-order valence-corrected chi connectivity index (χ0v) is 17.5. The molecular weight excluding hydrogens is 510 g/mol. The van der Waals surface area contributed by atoms with Crippen LogP contribution in [0.4, 0.5) is 30.7 Å². The molecule has 0 radical (unpaired) electrons. The lowest BCUT2D eigenvalue weighted by Crippen LogP contribution is -2.14. The highest BCUT2D eigenvalue weighted by Gasteiger charge is 2.37. The van der Waals surface area contributed by atoms with Gasteiger partial charge in [-0.3, -0.25) is 0 Å². The molecule has 0 heterocycles. The van der Waals surface area contributed by atoms with Gasteiger partial charge in [-0.2, -0.15) is 13.2 Å². The molecule has 2 N–H and O–H groups in total. The Kier molecular flexibility index (Phi) is 6.24. The smallest absolute Gasteiger partial charge is 0.225 e. The molecule has 0 spiro atoms. The highest BCUT2D eigenvalue weighted by molar-refractivity contribution is 7.89. The van der Waals surface area contributed by atoms with Crippen molar-refractivity contribution in [2.24, 2.45) is 5.14 Å². The van der Waals surface area contributed by atoms with Gasteiger partial charge in [0.1, 0.15) is 0 Å². The maximum absolute atomic E-state index is 14.8. The van der Waals surface area contributed by atoms with Gasteiger partial charge >= 0.3 is 6.18 Å². The molecule has 170 valence electrons. The summed E-state index contributed by atoms with van der Waals surface area (Å²) in [6.45, 7) is 0. The standard InChI is InChI=1S/C19H8Cl2F7NO2S/c20-9-5-7(6-10(21)14(9)19(26,27)28)12-13(16(23)18(25)17(24)15(12)22)8-3-1-2-4-11(8)32(29,30)31/h1-6H,(H2,29,30,31). The van der Waals surface area contributed by atoms with Gasteiger partial charge in [-0.1, -0.05) is 41.4 Å². The molecule has 3 rings (SSSR count). The van der Waals surface area contributed by atoms with Crippen molar-refractivity contribution >= 4 is 33.2 Å². The molecule has 0 saturated heterocycles. The van der Waals surface area contributed by atoms with E-state index in [-0.39, 0.29) is 0 Å². The fourth-order valence-corrected chi connectivity index (χ4v) is 4.51. The van der Waals surface area contributed by atoms with Crippen LogP contribution >= 0.6 is 23.2 Å². The fraction of sp³-hybridized carbons (Fsp3) is 0.0526. The van der Waals surface area contributed by atoms with Crippen LogP contribution in [0.15, 0.2) is 41.3 Å². The molecule has 13 heteroatoms. The molecule has 3 aromatic rings. The Labute approximate surface area is 186 Å². The average Bonchev–Trinajstić information content (AvgIpc) is 2.66. The van der Waals surface area contributed by atoms with E-state index in [9.17, 15) is 39.2 Å². The first-order chi connectivity index (χ1) is 14.7. The number of hydrogen-bond donors (Lipinski definition) is 1. The van der Waals surface area contributed by atoms with Crippen molar-refractivity contribution < 1.29 is 39.2 Å². The predicted octanol–water partition coefficient (Wildman–Crippen LogP) is 6.55. The Morgan fingerprint density at radius 3 is 1.72 bits per heavy atom. The van der Waals surface area contributed by atoms with E-state index in [2.05, 4.69) is 0 Å². The minimum absolute atomic E-state index is 0.508. The number of benzene rings is 3. The summed E-state index contributed by atoms with van der Waals surface area (Å²) in [5.41, 5.74) is -5.08. The fourth-order valence-electron chi connectivity index (χ4n) is 3.07.